The van der Waals surface area contributed by atoms with Crippen LogP contribution in [0.4, 0.5) is 4.39 Å². The number of hydrogen-bond donors (Lipinski definition) is 1. The fourth-order valence-corrected chi connectivity index (χ4v) is 3.10. The van der Waals surface area contributed by atoms with Gasteiger partial charge in [-0.1, -0.05) is 0 Å². The van der Waals surface area contributed by atoms with Crippen LogP contribution < -0.4 is 10.1 Å². The average molecular weight is 324 g/mol. The van der Waals surface area contributed by atoms with Crippen LogP contribution in [0.1, 0.15) is 5.69 Å². The summed E-state index contributed by atoms with van der Waals surface area (Å²) in [4.78, 5) is 4.13. The van der Waals surface area contributed by atoms with Gasteiger partial charge in [-0.15, -0.1) is 0 Å². The maximum atomic E-state index is 13.3. The third-order valence-corrected chi connectivity index (χ3v) is 4.24. The molecule has 1 N–H and O–H groups in total. The second-order valence-electron chi connectivity index (χ2n) is 5.65. The summed E-state index contributed by atoms with van der Waals surface area (Å²) in [6.07, 6.45) is 3.44. The molecule has 4 rings (SSSR count). The van der Waals surface area contributed by atoms with Gasteiger partial charge >= 0.3 is 0 Å². The zero-order chi connectivity index (χ0) is 16.5. The molecule has 0 amide bonds. The molecule has 0 saturated carbocycles. The van der Waals surface area contributed by atoms with Crippen molar-refractivity contribution in [2.24, 2.45) is 0 Å². The third kappa shape index (κ3) is 2.45. The summed E-state index contributed by atoms with van der Waals surface area (Å²) in [6.45, 7) is 2.41. The number of nitrogens with zero attached hydrogens (tertiary/aromatic N) is 3. The van der Waals surface area contributed by atoms with E-state index in [1.165, 1.54) is 12.1 Å². The minimum absolute atomic E-state index is 0.257. The van der Waals surface area contributed by atoms with E-state index in [9.17, 15) is 4.39 Å². The van der Waals surface area contributed by atoms with Crippen LogP contribution in [0.15, 0.2) is 42.7 Å². The van der Waals surface area contributed by atoms with Crippen molar-refractivity contribution in [1.29, 1.82) is 0 Å². The standard InChI is InChI=1S/C18H17FN4O/c1-24-16-11-20-7-6-14(16)17-15-10-21-8-9-23(15)22-18(17)12-2-4-13(19)5-3-12/h2-7,11,21H,8-10H2,1H3. The predicted molar refractivity (Wildman–Crippen MR) is 89.1 cm³/mol. The Hall–Kier alpha value is -2.73. The molecule has 0 aliphatic carbocycles. The number of methoxy groups -OCH3 is 1. The van der Waals surface area contributed by atoms with Gasteiger partial charge in [-0.3, -0.25) is 9.67 Å². The summed E-state index contributed by atoms with van der Waals surface area (Å²) in [5, 5.41) is 8.17. The number of ether oxygens (including phenoxy) is 1. The van der Waals surface area contributed by atoms with Gasteiger partial charge in [0.25, 0.3) is 0 Å². The van der Waals surface area contributed by atoms with Gasteiger partial charge in [0.05, 0.1) is 25.5 Å². The highest BCUT2D eigenvalue weighted by atomic mass is 19.1. The number of pyridine rings is 1. The van der Waals surface area contributed by atoms with E-state index >= 15 is 0 Å². The van der Waals surface area contributed by atoms with Crippen LogP contribution >= 0.6 is 0 Å². The smallest absolute Gasteiger partial charge is 0.145 e. The van der Waals surface area contributed by atoms with Gasteiger partial charge in [-0.25, -0.2) is 4.39 Å². The van der Waals surface area contributed by atoms with Crippen molar-refractivity contribution in [2.75, 3.05) is 13.7 Å². The second-order valence-corrected chi connectivity index (χ2v) is 5.65. The Morgan fingerprint density at radius 2 is 2.04 bits per heavy atom. The maximum absolute atomic E-state index is 13.3. The first-order valence-electron chi connectivity index (χ1n) is 7.82. The van der Waals surface area contributed by atoms with E-state index in [-0.39, 0.29) is 5.82 Å². The summed E-state index contributed by atoms with van der Waals surface area (Å²) in [7, 11) is 1.63. The average Bonchev–Trinajstić information content (AvgIpc) is 3.01. The highest BCUT2D eigenvalue weighted by Gasteiger charge is 2.24. The molecule has 0 radical (unpaired) electrons. The van der Waals surface area contributed by atoms with Crippen LogP contribution in [0, 0.1) is 5.82 Å². The Morgan fingerprint density at radius 1 is 1.21 bits per heavy atom. The second kappa shape index (κ2) is 6.05. The summed E-state index contributed by atoms with van der Waals surface area (Å²) in [5.41, 5.74) is 4.76. The fraction of sp³-hybridized carbons (Fsp3) is 0.222. The molecule has 3 aromatic rings. The zero-order valence-corrected chi connectivity index (χ0v) is 13.3. The molecule has 122 valence electrons. The molecule has 1 aliphatic heterocycles. The van der Waals surface area contributed by atoms with Crippen molar-refractivity contribution >= 4 is 0 Å². The quantitative estimate of drug-likeness (QED) is 0.805. The van der Waals surface area contributed by atoms with Gasteiger partial charge in [0.15, 0.2) is 0 Å². The lowest BCUT2D eigenvalue weighted by atomic mass is 9.98. The monoisotopic (exact) mass is 324 g/mol. The Bertz CT molecular complexity index is 873. The van der Waals surface area contributed by atoms with E-state index in [1.807, 2.05) is 10.7 Å². The van der Waals surface area contributed by atoms with Crippen LogP contribution in [0.3, 0.4) is 0 Å². The van der Waals surface area contributed by atoms with Crippen LogP contribution in [0.25, 0.3) is 22.4 Å². The number of benzene rings is 1. The van der Waals surface area contributed by atoms with Crippen molar-refractivity contribution in [3.63, 3.8) is 0 Å². The minimum atomic E-state index is -0.257. The molecule has 1 aromatic carbocycles. The van der Waals surface area contributed by atoms with Crippen molar-refractivity contribution in [3.8, 4) is 28.1 Å². The van der Waals surface area contributed by atoms with Crippen molar-refractivity contribution in [3.05, 3.63) is 54.2 Å². The van der Waals surface area contributed by atoms with Crippen molar-refractivity contribution in [1.82, 2.24) is 20.1 Å². The maximum Gasteiger partial charge on any atom is 0.145 e. The van der Waals surface area contributed by atoms with E-state index in [2.05, 4.69) is 10.3 Å². The molecule has 0 atom stereocenters. The van der Waals surface area contributed by atoms with Gasteiger partial charge in [0.1, 0.15) is 17.3 Å². The number of nitrogens with one attached hydrogen (secondary N) is 1. The van der Waals surface area contributed by atoms with Crippen LogP contribution in [0.2, 0.25) is 0 Å². The Balaban J connectivity index is 1.97. The van der Waals surface area contributed by atoms with E-state index in [4.69, 9.17) is 9.84 Å². The molecule has 5 nitrogen and oxygen atoms in total. The lowest BCUT2D eigenvalue weighted by Crippen LogP contribution is -2.28. The van der Waals surface area contributed by atoms with Crippen LogP contribution in [-0.4, -0.2) is 28.4 Å². The fourth-order valence-electron chi connectivity index (χ4n) is 3.10. The number of rotatable bonds is 3. The van der Waals surface area contributed by atoms with Crippen molar-refractivity contribution < 1.29 is 9.13 Å². The summed E-state index contributed by atoms with van der Waals surface area (Å²) < 4.78 is 20.8. The first kappa shape index (κ1) is 14.8. The summed E-state index contributed by atoms with van der Waals surface area (Å²) >= 11 is 0. The Kier molecular flexibility index (Phi) is 3.74. The Morgan fingerprint density at radius 3 is 2.83 bits per heavy atom. The molecule has 24 heavy (non-hydrogen) atoms. The molecular formula is C18H17FN4O. The minimum Gasteiger partial charge on any atom is -0.494 e. The first-order valence-corrected chi connectivity index (χ1v) is 7.82. The molecule has 3 heterocycles. The number of aromatic nitrogens is 3. The van der Waals surface area contributed by atoms with Gasteiger partial charge < -0.3 is 10.1 Å². The number of hydrogen-bond acceptors (Lipinski definition) is 4. The van der Waals surface area contributed by atoms with Crippen LogP contribution in [0.5, 0.6) is 5.75 Å². The molecular weight excluding hydrogens is 307 g/mol. The SMILES string of the molecule is COc1cnccc1-c1c(-c2ccc(F)cc2)nn2c1CNCC2. The van der Waals surface area contributed by atoms with E-state index in [0.29, 0.717) is 5.75 Å². The largest absolute Gasteiger partial charge is 0.494 e. The lowest BCUT2D eigenvalue weighted by Gasteiger charge is -2.17. The Labute approximate surface area is 139 Å². The molecule has 0 spiro atoms. The highest BCUT2D eigenvalue weighted by Crippen LogP contribution is 2.39. The third-order valence-electron chi connectivity index (χ3n) is 4.24. The van der Waals surface area contributed by atoms with Gasteiger partial charge in [-0.2, -0.15) is 5.10 Å². The molecule has 0 unspecified atom stereocenters. The van der Waals surface area contributed by atoms with Gasteiger partial charge in [0, 0.05) is 36.0 Å². The zero-order valence-electron chi connectivity index (χ0n) is 13.3. The molecule has 0 saturated heterocycles. The molecule has 2 aromatic heterocycles. The van der Waals surface area contributed by atoms with E-state index in [1.54, 1.807) is 31.6 Å². The van der Waals surface area contributed by atoms with Crippen molar-refractivity contribution in [2.45, 2.75) is 13.1 Å². The normalized spacial score (nSPS) is 13.6. The summed E-state index contributed by atoms with van der Waals surface area (Å²) in [6, 6.07) is 8.36. The molecule has 0 fully saturated rings. The van der Waals surface area contributed by atoms with Gasteiger partial charge in [0.2, 0.25) is 0 Å². The van der Waals surface area contributed by atoms with Crippen LogP contribution in [-0.2, 0) is 13.1 Å². The molecule has 6 heteroatoms. The molecule has 0 bridgehead atoms. The van der Waals surface area contributed by atoms with Gasteiger partial charge in [-0.05, 0) is 30.3 Å². The number of fused-ring (bicyclic) bond motifs is 1. The number of halogens is 1. The topological polar surface area (TPSA) is 52.0 Å². The first-order chi connectivity index (χ1) is 11.8. The lowest BCUT2D eigenvalue weighted by molar-refractivity contribution is 0.414. The van der Waals surface area contributed by atoms with E-state index in [0.717, 1.165) is 47.7 Å². The predicted octanol–water partition coefficient (Wildman–Crippen LogP) is 2.86. The summed E-state index contributed by atoms with van der Waals surface area (Å²) in [5.74, 6) is 0.440. The van der Waals surface area contributed by atoms with E-state index < -0.39 is 0 Å². The molecule has 1 aliphatic rings. The highest BCUT2D eigenvalue weighted by molar-refractivity contribution is 5.85.